The number of nitrogens with one attached hydrogen (secondary N) is 1. The minimum atomic E-state index is -0.511. The van der Waals surface area contributed by atoms with Crippen molar-refractivity contribution in [2.24, 2.45) is 14.1 Å². The van der Waals surface area contributed by atoms with Crippen LogP contribution in [0.3, 0.4) is 0 Å². The number of aryl methyl sites for hydroxylation is 1. The number of ketones is 1. The molecule has 0 saturated heterocycles. The van der Waals surface area contributed by atoms with E-state index in [4.69, 9.17) is 9.47 Å². The van der Waals surface area contributed by atoms with E-state index in [9.17, 15) is 19.2 Å². The molecule has 3 rings (SSSR count). The highest BCUT2D eigenvalue weighted by molar-refractivity contribution is 5.95. The maximum Gasteiger partial charge on any atom is 0.332 e. The lowest BCUT2D eigenvalue weighted by atomic mass is 10.1. The van der Waals surface area contributed by atoms with Gasteiger partial charge >= 0.3 is 5.69 Å². The second kappa shape index (κ2) is 8.19. The van der Waals surface area contributed by atoms with Gasteiger partial charge in [-0.2, -0.15) is 0 Å². The van der Waals surface area contributed by atoms with Crippen molar-refractivity contribution in [1.29, 1.82) is 0 Å². The van der Waals surface area contributed by atoms with Gasteiger partial charge in [-0.3, -0.25) is 23.5 Å². The van der Waals surface area contributed by atoms with Gasteiger partial charge in [0.05, 0.1) is 24.4 Å². The number of carbonyl (C=O) groups is 2. The summed E-state index contributed by atoms with van der Waals surface area (Å²) < 4.78 is 12.9. The molecule has 10 nitrogen and oxygen atoms in total. The van der Waals surface area contributed by atoms with E-state index >= 15 is 0 Å². The Morgan fingerprint density at radius 1 is 1.10 bits per heavy atom. The van der Waals surface area contributed by atoms with Gasteiger partial charge in [0, 0.05) is 19.7 Å². The normalized spacial score (nSPS) is 10.7. The molecule has 1 amide bonds. The van der Waals surface area contributed by atoms with E-state index in [0.717, 1.165) is 4.57 Å². The van der Waals surface area contributed by atoms with Crippen LogP contribution in [0.5, 0.6) is 11.5 Å². The van der Waals surface area contributed by atoms with Crippen molar-refractivity contribution in [3.05, 3.63) is 56.9 Å². The van der Waals surface area contributed by atoms with Crippen LogP contribution in [0.1, 0.15) is 17.3 Å². The van der Waals surface area contributed by atoms with Crippen molar-refractivity contribution in [3.8, 4) is 11.5 Å². The van der Waals surface area contributed by atoms with Gasteiger partial charge in [0.25, 0.3) is 11.5 Å². The highest BCUT2D eigenvalue weighted by atomic mass is 16.5. The lowest BCUT2D eigenvalue weighted by Crippen LogP contribution is -2.37. The third-order valence-electron chi connectivity index (χ3n) is 4.51. The fraction of sp³-hybridized carbons (Fsp3) is 0.250. The Labute approximate surface area is 170 Å². The number of hydrogen-bond donors (Lipinski definition) is 1. The molecule has 0 spiro atoms. The number of anilines is 1. The van der Waals surface area contributed by atoms with Gasteiger partial charge in [-0.15, -0.1) is 0 Å². The lowest BCUT2D eigenvalue weighted by Gasteiger charge is -2.12. The molecule has 30 heavy (non-hydrogen) atoms. The zero-order valence-corrected chi connectivity index (χ0v) is 16.9. The quantitative estimate of drug-likeness (QED) is 0.596. The lowest BCUT2D eigenvalue weighted by molar-refractivity contribution is -0.118. The van der Waals surface area contributed by atoms with Crippen molar-refractivity contribution in [1.82, 2.24) is 14.1 Å². The van der Waals surface area contributed by atoms with Crippen molar-refractivity contribution < 1.29 is 19.1 Å². The number of hydrogen-bond acceptors (Lipinski definition) is 7. The number of aromatic nitrogens is 3. The molecular weight excluding hydrogens is 392 g/mol. The first-order valence-corrected chi connectivity index (χ1v) is 8.90. The maximum atomic E-state index is 12.3. The predicted molar refractivity (Wildman–Crippen MR) is 109 cm³/mol. The number of rotatable bonds is 6. The number of nitrogens with zero attached hydrogens (tertiary/aromatic N) is 3. The molecule has 1 N–H and O–H groups in total. The van der Waals surface area contributed by atoms with Crippen LogP contribution in [0.25, 0.3) is 11.0 Å². The summed E-state index contributed by atoms with van der Waals surface area (Å²) in [5.41, 5.74) is -0.0431. The Morgan fingerprint density at radius 3 is 2.50 bits per heavy atom. The second-order valence-electron chi connectivity index (χ2n) is 6.56. The number of methoxy groups -OCH3 is 1. The molecule has 2 heterocycles. The SMILES string of the molecule is COc1cc(C(C)=O)ccc1OCC(=O)Nc1cnc2c(c1)c(=O)n(C)c(=O)n2C. The number of pyridine rings is 1. The summed E-state index contributed by atoms with van der Waals surface area (Å²) in [6, 6.07) is 6.10. The summed E-state index contributed by atoms with van der Waals surface area (Å²) in [6.07, 6.45) is 1.35. The number of benzene rings is 1. The zero-order valence-electron chi connectivity index (χ0n) is 16.9. The summed E-state index contributed by atoms with van der Waals surface area (Å²) in [4.78, 5) is 52.1. The minimum Gasteiger partial charge on any atom is -0.493 e. The fourth-order valence-corrected chi connectivity index (χ4v) is 2.88. The van der Waals surface area contributed by atoms with E-state index in [-0.39, 0.29) is 29.1 Å². The number of carbonyl (C=O) groups excluding carboxylic acids is 2. The largest absolute Gasteiger partial charge is 0.493 e. The molecule has 0 atom stereocenters. The maximum absolute atomic E-state index is 12.3. The van der Waals surface area contributed by atoms with Crippen molar-refractivity contribution >= 4 is 28.4 Å². The Morgan fingerprint density at radius 2 is 1.83 bits per heavy atom. The van der Waals surface area contributed by atoms with E-state index in [1.165, 1.54) is 51.0 Å². The first-order chi connectivity index (χ1) is 14.2. The van der Waals surface area contributed by atoms with E-state index in [0.29, 0.717) is 17.1 Å². The van der Waals surface area contributed by atoms with E-state index in [2.05, 4.69) is 10.3 Å². The number of amides is 1. The highest BCUT2D eigenvalue weighted by Crippen LogP contribution is 2.28. The molecule has 0 unspecified atom stereocenters. The second-order valence-corrected chi connectivity index (χ2v) is 6.56. The smallest absolute Gasteiger partial charge is 0.332 e. The minimum absolute atomic E-state index is 0.120. The van der Waals surface area contributed by atoms with Gasteiger partial charge < -0.3 is 14.8 Å². The van der Waals surface area contributed by atoms with Crippen molar-refractivity contribution in [2.45, 2.75) is 6.92 Å². The van der Waals surface area contributed by atoms with Crippen LogP contribution in [-0.2, 0) is 18.9 Å². The molecule has 2 aromatic heterocycles. The Kier molecular flexibility index (Phi) is 5.67. The summed E-state index contributed by atoms with van der Waals surface area (Å²) >= 11 is 0. The van der Waals surface area contributed by atoms with Gasteiger partial charge in [0.1, 0.15) is 5.65 Å². The van der Waals surface area contributed by atoms with Crippen molar-refractivity contribution in [2.75, 3.05) is 19.0 Å². The molecule has 0 aliphatic rings. The summed E-state index contributed by atoms with van der Waals surface area (Å²) in [6.45, 7) is 1.10. The predicted octanol–water partition coefficient (Wildman–Crippen LogP) is 0.861. The van der Waals surface area contributed by atoms with Crippen LogP contribution >= 0.6 is 0 Å². The first kappa shape index (κ1) is 20.8. The fourth-order valence-electron chi connectivity index (χ4n) is 2.88. The molecule has 0 fully saturated rings. The standard InChI is InChI=1S/C20H20N4O6/c1-11(25)12-5-6-15(16(7-12)29-4)30-10-17(26)22-13-8-14-18(21-9-13)23(2)20(28)24(3)19(14)27/h5-9H,10H2,1-4H3,(H,22,26). The van der Waals surface area contributed by atoms with Gasteiger partial charge in [-0.1, -0.05) is 0 Å². The first-order valence-electron chi connectivity index (χ1n) is 8.90. The van der Waals surface area contributed by atoms with Crippen molar-refractivity contribution in [3.63, 3.8) is 0 Å². The van der Waals surface area contributed by atoms with Crippen LogP contribution in [-0.4, -0.2) is 39.5 Å². The molecule has 3 aromatic rings. The molecule has 156 valence electrons. The van der Waals surface area contributed by atoms with Crippen LogP contribution in [0.4, 0.5) is 5.69 Å². The van der Waals surface area contributed by atoms with Crippen LogP contribution in [0.2, 0.25) is 0 Å². The molecular formula is C20H20N4O6. The highest BCUT2D eigenvalue weighted by Gasteiger charge is 2.13. The summed E-state index contributed by atoms with van der Waals surface area (Å²) in [5.74, 6) is 0.0194. The van der Waals surface area contributed by atoms with E-state index in [1.807, 2.05) is 0 Å². The monoisotopic (exact) mass is 412 g/mol. The molecule has 0 radical (unpaired) electrons. The Balaban J connectivity index is 1.77. The van der Waals surface area contributed by atoms with Crippen LogP contribution in [0.15, 0.2) is 40.1 Å². The molecule has 0 aliphatic carbocycles. The third-order valence-corrected chi connectivity index (χ3v) is 4.51. The van der Waals surface area contributed by atoms with Crippen LogP contribution < -0.4 is 26.0 Å². The summed E-state index contributed by atoms with van der Waals surface area (Å²) in [7, 11) is 4.31. The third kappa shape index (κ3) is 3.93. The Bertz CT molecular complexity index is 1270. The number of fused-ring (bicyclic) bond motifs is 1. The number of Topliss-reactive ketones (excluding diaryl/α,β-unsaturated/α-hetero) is 1. The molecule has 0 bridgehead atoms. The molecule has 0 aliphatic heterocycles. The molecule has 1 aromatic carbocycles. The van der Waals surface area contributed by atoms with Crippen LogP contribution in [0, 0.1) is 0 Å². The topological polar surface area (TPSA) is 122 Å². The molecule has 10 heteroatoms. The van der Waals surface area contributed by atoms with E-state index in [1.54, 1.807) is 12.1 Å². The zero-order chi connectivity index (χ0) is 22.0. The van der Waals surface area contributed by atoms with Gasteiger partial charge in [0.15, 0.2) is 23.9 Å². The van der Waals surface area contributed by atoms with Gasteiger partial charge in [-0.05, 0) is 31.2 Å². The summed E-state index contributed by atoms with van der Waals surface area (Å²) in [5, 5.41) is 2.79. The Hall–Kier alpha value is -3.95. The average molecular weight is 412 g/mol. The number of ether oxygens (including phenoxy) is 2. The van der Waals surface area contributed by atoms with E-state index < -0.39 is 17.2 Å². The van der Waals surface area contributed by atoms with Gasteiger partial charge in [0.2, 0.25) is 0 Å². The molecule has 0 saturated carbocycles. The average Bonchev–Trinajstić information content (AvgIpc) is 2.74. The van der Waals surface area contributed by atoms with Gasteiger partial charge in [-0.25, -0.2) is 9.78 Å².